The van der Waals surface area contributed by atoms with E-state index < -0.39 is 97.5 Å². The molecule has 5 atom stereocenters. The Hall–Kier alpha value is -4.54. The van der Waals surface area contributed by atoms with Crippen LogP contribution in [0.2, 0.25) is 0 Å². The predicted octanol–water partition coefficient (Wildman–Crippen LogP) is 22.3. The molecule has 0 saturated heterocycles. The topological polar surface area (TPSA) is 237 Å². The fourth-order valence-electron chi connectivity index (χ4n) is 9.96. The summed E-state index contributed by atoms with van der Waals surface area (Å²) in [6, 6.07) is 0. The van der Waals surface area contributed by atoms with Crippen LogP contribution in [0.5, 0.6) is 0 Å². The zero-order chi connectivity index (χ0) is 73.2. The van der Waals surface area contributed by atoms with Crippen LogP contribution in [0.15, 0.2) is 122 Å². The molecule has 3 N–H and O–H groups in total. The number of ether oxygens (including phenoxy) is 4. The van der Waals surface area contributed by atoms with E-state index in [0.29, 0.717) is 25.7 Å². The molecule has 100 heavy (non-hydrogen) atoms. The molecule has 5 unspecified atom stereocenters. The number of phosphoric acid groups is 2. The van der Waals surface area contributed by atoms with E-state index in [2.05, 4.69) is 149 Å². The normalized spacial score (nSPS) is 14.6. The molecule has 0 bridgehead atoms. The van der Waals surface area contributed by atoms with Gasteiger partial charge in [-0.25, -0.2) is 9.13 Å². The van der Waals surface area contributed by atoms with Gasteiger partial charge in [0.2, 0.25) is 0 Å². The van der Waals surface area contributed by atoms with E-state index in [4.69, 9.17) is 37.0 Å². The monoisotopic (exact) mass is 1440 g/mol. The van der Waals surface area contributed by atoms with Gasteiger partial charge in [0.05, 0.1) is 26.4 Å². The molecule has 0 aromatic heterocycles. The third kappa shape index (κ3) is 71.8. The second-order valence-electron chi connectivity index (χ2n) is 25.6. The minimum atomic E-state index is -4.99. The van der Waals surface area contributed by atoms with Crippen molar-refractivity contribution in [3.8, 4) is 0 Å². The smallest absolute Gasteiger partial charge is 0.462 e. The molecule has 574 valence electrons. The van der Waals surface area contributed by atoms with Crippen molar-refractivity contribution < 1.29 is 80.2 Å². The molecule has 0 radical (unpaired) electrons. The van der Waals surface area contributed by atoms with Gasteiger partial charge in [0.1, 0.15) is 19.3 Å². The molecular formula is C81H138O17P2. The van der Waals surface area contributed by atoms with Crippen LogP contribution in [0.4, 0.5) is 0 Å². The zero-order valence-electron chi connectivity index (χ0n) is 62.6. The highest BCUT2D eigenvalue weighted by atomic mass is 31.2. The van der Waals surface area contributed by atoms with E-state index in [-0.39, 0.29) is 25.7 Å². The zero-order valence-corrected chi connectivity index (χ0v) is 64.4. The number of esters is 4. The molecule has 0 heterocycles. The highest BCUT2D eigenvalue weighted by Gasteiger charge is 2.30. The number of allylic oxidation sites excluding steroid dienone is 20. The van der Waals surface area contributed by atoms with Crippen LogP contribution >= 0.6 is 15.6 Å². The first-order valence-electron chi connectivity index (χ1n) is 38.8. The molecule has 0 fully saturated rings. The van der Waals surface area contributed by atoms with Gasteiger partial charge in [-0.3, -0.25) is 37.3 Å². The lowest BCUT2D eigenvalue weighted by atomic mass is 10.1. The average molecular weight is 1450 g/mol. The lowest BCUT2D eigenvalue weighted by Crippen LogP contribution is -2.30. The van der Waals surface area contributed by atoms with Crippen LogP contribution in [0, 0.1) is 0 Å². The van der Waals surface area contributed by atoms with Crippen LogP contribution in [0.25, 0.3) is 0 Å². The van der Waals surface area contributed by atoms with Crippen LogP contribution < -0.4 is 0 Å². The van der Waals surface area contributed by atoms with E-state index in [1.165, 1.54) is 38.5 Å². The first-order valence-corrected chi connectivity index (χ1v) is 41.8. The van der Waals surface area contributed by atoms with Crippen molar-refractivity contribution in [1.82, 2.24) is 0 Å². The Morgan fingerprint density at radius 1 is 0.290 bits per heavy atom. The van der Waals surface area contributed by atoms with Gasteiger partial charge in [-0.2, -0.15) is 0 Å². The SMILES string of the molecule is CC/C=C\C/C=C\C/C=C\C/C=C\C/C=C\CCCCCC(=O)OCC(COP(=O)(O)OCC(O)COP(=O)(O)OCC(COC(=O)CCCCCCC/C=C\CCCCCCCC)OC(=O)CCCCCCC/C=C\C/C=C\CCC)OC(=O)CCCCCCC/C=C\C/C=C\CCC. The molecule has 0 aliphatic carbocycles. The molecule has 0 aromatic rings. The highest BCUT2D eigenvalue weighted by molar-refractivity contribution is 7.47. The van der Waals surface area contributed by atoms with Gasteiger partial charge >= 0.3 is 39.5 Å². The summed E-state index contributed by atoms with van der Waals surface area (Å²) in [5.74, 6) is -2.25. The van der Waals surface area contributed by atoms with Gasteiger partial charge in [0.15, 0.2) is 12.2 Å². The highest BCUT2D eigenvalue weighted by Crippen LogP contribution is 2.45. The Kier molecular flexibility index (Phi) is 69.5. The van der Waals surface area contributed by atoms with Crippen LogP contribution in [-0.2, 0) is 65.4 Å². The summed E-state index contributed by atoms with van der Waals surface area (Å²) in [6.07, 6.45) is 79.0. The summed E-state index contributed by atoms with van der Waals surface area (Å²) in [5.41, 5.74) is 0. The summed E-state index contributed by atoms with van der Waals surface area (Å²) in [4.78, 5) is 72.9. The molecule has 0 aliphatic heterocycles. The maximum atomic E-state index is 13.1. The summed E-state index contributed by atoms with van der Waals surface area (Å²) in [5, 5.41) is 10.6. The minimum Gasteiger partial charge on any atom is -0.462 e. The Balaban J connectivity index is 5.38. The second kappa shape index (κ2) is 72.8. The van der Waals surface area contributed by atoms with Crippen molar-refractivity contribution >= 4 is 39.5 Å². The van der Waals surface area contributed by atoms with Crippen molar-refractivity contribution in [1.29, 1.82) is 0 Å². The van der Waals surface area contributed by atoms with Gasteiger partial charge < -0.3 is 33.8 Å². The first kappa shape index (κ1) is 95.5. The van der Waals surface area contributed by atoms with E-state index in [9.17, 15) is 43.2 Å². The molecule has 19 heteroatoms. The van der Waals surface area contributed by atoms with E-state index >= 15 is 0 Å². The number of hydrogen-bond acceptors (Lipinski definition) is 15. The number of carbonyl (C=O) groups excluding carboxylic acids is 4. The molecule has 0 aliphatic rings. The lowest BCUT2D eigenvalue weighted by molar-refractivity contribution is -0.161. The number of carbonyl (C=O) groups is 4. The fraction of sp³-hybridized carbons (Fsp3) is 0.704. The van der Waals surface area contributed by atoms with Crippen molar-refractivity contribution in [2.75, 3.05) is 39.6 Å². The Bertz CT molecular complexity index is 2370. The van der Waals surface area contributed by atoms with Crippen LogP contribution in [-0.4, -0.2) is 96.7 Å². The van der Waals surface area contributed by atoms with E-state index in [1.54, 1.807) is 0 Å². The van der Waals surface area contributed by atoms with Gasteiger partial charge in [-0.15, -0.1) is 0 Å². The molecule has 17 nitrogen and oxygen atoms in total. The number of hydrogen-bond donors (Lipinski definition) is 3. The minimum absolute atomic E-state index is 0.0682. The van der Waals surface area contributed by atoms with Gasteiger partial charge in [-0.05, 0) is 148 Å². The molecule has 0 amide bonds. The van der Waals surface area contributed by atoms with Crippen molar-refractivity contribution in [3.05, 3.63) is 122 Å². The van der Waals surface area contributed by atoms with Gasteiger partial charge in [0.25, 0.3) is 0 Å². The quantitative estimate of drug-likeness (QED) is 0.0169. The van der Waals surface area contributed by atoms with Gasteiger partial charge in [-0.1, -0.05) is 258 Å². The largest absolute Gasteiger partial charge is 0.472 e. The van der Waals surface area contributed by atoms with Crippen molar-refractivity contribution in [3.63, 3.8) is 0 Å². The predicted molar refractivity (Wildman–Crippen MR) is 408 cm³/mol. The summed E-state index contributed by atoms with van der Waals surface area (Å²) in [6.45, 7) is 4.55. The third-order valence-corrected chi connectivity index (χ3v) is 17.7. The third-order valence-electron chi connectivity index (χ3n) is 15.8. The summed E-state index contributed by atoms with van der Waals surface area (Å²) >= 11 is 0. The first-order chi connectivity index (χ1) is 48.7. The van der Waals surface area contributed by atoms with Crippen LogP contribution in [0.3, 0.4) is 0 Å². The van der Waals surface area contributed by atoms with Crippen molar-refractivity contribution in [2.45, 2.75) is 329 Å². The average Bonchev–Trinajstić information content (AvgIpc) is 0.935. The van der Waals surface area contributed by atoms with E-state index in [1.807, 2.05) is 0 Å². The molecule has 0 saturated carbocycles. The number of aliphatic hydroxyl groups is 1. The Labute approximate surface area is 606 Å². The number of unbranched alkanes of at least 4 members (excludes halogenated alkanes) is 26. The Morgan fingerprint density at radius 3 is 0.860 bits per heavy atom. The Morgan fingerprint density at radius 2 is 0.540 bits per heavy atom. The summed E-state index contributed by atoms with van der Waals surface area (Å²) in [7, 11) is -9.97. The number of aliphatic hydroxyl groups excluding tert-OH is 1. The molecular weight excluding hydrogens is 1310 g/mol. The van der Waals surface area contributed by atoms with E-state index in [0.717, 1.165) is 193 Å². The maximum Gasteiger partial charge on any atom is 0.472 e. The maximum absolute atomic E-state index is 13.1. The molecule has 0 rings (SSSR count). The number of rotatable bonds is 72. The van der Waals surface area contributed by atoms with Crippen LogP contribution in [0.1, 0.15) is 310 Å². The standard InChI is InChI=1S/C81H138O17P2/c1-5-9-13-17-21-25-29-33-35-36-37-38-40-44-46-50-54-58-62-66-79(84)92-72-77(98-81(86)68-64-60-56-52-48-42-32-28-24-20-16-12-8-4)74-96-100(89,90)94-70-75(82)69-93-99(87,88)95-73-76(97-80(85)67-63-59-55-51-47-41-31-27-23-19-15-11-7-3)71-91-78(83)65-61-57-53-49-45-43-39-34-30-26-22-18-14-10-6-2/h9,13,15-16,19-21,25,27-28,31-35,37-39,44,46,75-77,82H,5-8,10-12,14,17-18,22-24,26,29-30,36,40-43,45,47-74H2,1-4H3,(H,87,88)(H,89,90)/b13-9-,19-15-,20-16-,25-21-,31-27-,32-28-,35-33-,38-37-,39-34-,46-44-. The molecule has 0 spiro atoms. The lowest BCUT2D eigenvalue weighted by Gasteiger charge is -2.21. The van der Waals surface area contributed by atoms with Crippen molar-refractivity contribution in [2.24, 2.45) is 0 Å². The van der Waals surface area contributed by atoms with Gasteiger partial charge in [0, 0.05) is 25.7 Å². The second-order valence-corrected chi connectivity index (χ2v) is 28.5. The molecule has 0 aromatic carbocycles. The number of phosphoric ester groups is 2. The summed E-state index contributed by atoms with van der Waals surface area (Å²) < 4.78 is 68.4. The fourth-order valence-corrected chi connectivity index (χ4v) is 11.5.